The van der Waals surface area contributed by atoms with Crippen LogP contribution in [0.15, 0.2) is 41.0 Å². The van der Waals surface area contributed by atoms with E-state index in [1.54, 1.807) is 26.2 Å². The smallest absolute Gasteiger partial charge is 0.325 e. The van der Waals surface area contributed by atoms with Gasteiger partial charge in [0.2, 0.25) is 0 Å². The Morgan fingerprint density at radius 3 is 2.70 bits per heavy atom. The molecule has 0 saturated carbocycles. The molecule has 3 rings (SSSR count). The summed E-state index contributed by atoms with van der Waals surface area (Å²) >= 11 is 0. The van der Waals surface area contributed by atoms with E-state index in [2.05, 4.69) is 5.32 Å². The van der Waals surface area contributed by atoms with Gasteiger partial charge in [-0.25, -0.2) is 4.79 Å². The average Bonchev–Trinajstić information content (AvgIpc) is 3.12. The van der Waals surface area contributed by atoms with Gasteiger partial charge < -0.3 is 14.5 Å². The number of benzene rings is 1. The molecule has 1 aromatic heterocycles. The fraction of sp³-hybridized carbons (Fsp3) is 0.294. The second-order valence-corrected chi connectivity index (χ2v) is 5.73. The number of ether oxygens (including phenoxy) is 1. The first-order valence-electron chi connectivity index (χ1n) is 7.27. The summed E-state index contributed by atoms with van der Waals surface area (Å²) in [6.45, 7) is 3.76. The standard InChI is InChI=1S/C17H18N2O4/c1-11-9-12(6-7-13(11)22-3)10-19-15(20)17(2,18-16(19)21)14-5-4-8-23-14/h4-9H,10H2,1-3H3,(H,18,21)/t17-/m1/s1. The van der Waals surface area contributed by atoms with Crippen LogP contribution in [0, 0.1) is 6.92 Å². The number of methoxy groups -OCH3 is 1. The Morgan fingerprint density at radius 2 is 2.09 bits per heavy atom. The molecule has 120 valence electrons. The van der Waals surface area contributed by atoms with Crippen LogP contribution in [0.4, 0.5) is 4.79 Å². The van der Waals surface area contributed by atoms with Gasteiger partial charge in [0.25, 0.3) is 5.91 Å². The summed E-state index contributed by atoms with van der Waals surface area (Å²) in [7, 11) is 1.61. The first-order chi connectivity index (χ1) is 11.0. The summed E-state index contributed by atoms with van der Waals surface area (Å²) in [6.07, 6.45) is 1.48. The van der Waals surface area contributed by atoms with E-state index in [9.17, 15) is 9.59 Å². The molecule has 1 aromatic carbocycles. The Labute approximate surface area is 134 Å². The molecule has 1 aliphatic rings. The van der Waals surface area contributed by atoms with Gasteiger partial charge in [-0.3, -0.25) is 9.69 Å². The second kappa shape index (κ2) is 5.46. The van der Waals surface area contributed by atoms with Crippen LogP contribution in [0.25, 0.3) is 0 Å². The van der Waals surface area contributed by atoms with Crippen molar-refractivity contribution in [1.82, 2.24) is 10.2 Å². The van der Waals surface area contributed by atoms with Crippen molar-refractivity contribution in [3.05, 3.63) is 53.5 Å². The summed E-state index contributed by atoms with van der Waals surface area (Å²) in [5.74, 6) is 0.863. The molecule has 0 radical (unpaired) electrons. The molecular formula is C17H18N2O4. The number of aryl methyl sites for hydroxylation is 1. The molecular weight excluding hydrogens is 296 g/mol. The molecule has 1 fully saturated rings. The molecule has 3 amide bonds. The highest BCUT2D eigenvalue weighted by Gasteiger charge is 2.50. The third-order valence-electron chi connectivity index (χ3n) is 4.09. The van der Waals surface area contributed by atoms with Gasteiger partial charge in [-0.15, -0.1) is 0 Å². The average molecular weight is 314 g/mol. The van der Waals surface area contributed by atoms with E-state index in [0.29, 0.717) is 5.76 Å². The van der Waals surface area contributed by atoms with Crippen LogP contribution in [0.2, 0.25) is 0 Å². The molecule has 2 heterocycles. The predicted octanol–water partition coefficient (Wildman–Crippen LogP) is 2.56. The summed E-state index contributed by atoms with van der Waals surface area (Å²) in [5, 5.41) is 2.71. The zero-order valence-corrected chi connectivity index (χ0v) is 13.3. The van der Waals surface area contributed by atoms with E-state index in [1.165, 1.54) is 11.2 Å². The molecule has 1 aliphatic heterocycles. The summed E-state index contributed by atoms with van der Waals surface area (Å²) in [6, 6.07) is 8.52. The van der Waals surface area contributed by atoms with Crippen LogP contribution in [-0.2, 0) is 16.9 Å². The van der Waals surface area contributed by atoms with E-state index < -0.39 is 11.6 Å². The van der Waals surface area contributed by atoms with Crippen LogP contribution in [0.3, 0.4) is 0 Å². The Bertz CT molecular complexity index is 754. The van der Waals surface area contributed by atoms with Crippen molar-refractivity contribution in [3.63, 3.8) is 0 Å². The number of nitrogens with zero attached hydrogens (tertiary/aromatic N) is 1. The van der Waals surface area contributed by atoms with Crippen LogP contribution in [0.5, 0.6) is 5.75 Å². The number of nitrogens with one attached hydrogen (secondary N) is 1. The lowest BCUT2D eigenvalue weighted by Gasteiger charge is -2.19. The Kier molecular flexibility index (Phi) is 3.60. The lowest BCUT2D eigenvalue weighted by Crippen LogP contribution is -2.40. The van der Waals surface area contributed by atoms with Crippen molar-refractivity contribution in [2.75, 3.05) is 7.11 Å². The monoisotopic (exact) mass is 314 g/mol. The van der Waals surface area contributed by atoms with E-state index in [1.807, 2.05) is 25.1 Å². The normalized spacial score (nSPS) is 20.7. The minimum atomic E-state index is -1.16. The molecule has 1 N–H and O–H groups in total. The quantitative estimate of drug-likeness (QED) is 0.880. The summed E-state index contributed by atoms with van der Waals surface area (Å²) < 4.78 is 10.5. The van der Waals surface area contributed by atoms with Gasteiger partial charge in [-0.05, 0) is 43.2 Å². The molecule has 6 nitrogen and oxygen atoms in total. The van der Waals surface area contributed by atoms with Gasteiger partial charge >= 0.3 is 6.03 Å². The SMILES string of the molecule is COc1ccc(CN2C(=O)N[C@](C)(c3ccco3)C2=O)cc1C. The highest BCUT2D eigenvalue weighted by atomic mass is 16.5. The zero-order chi connectivity index (χ0) is 16.6. The maximum Gasteiger partial charge on any atom is 0.325 e. The maximum atomic E-state index is 12.7. The van der Waals surface area contributed by atoms with Crippen molar-refractivity contribution >= 4 is 11.9 Å². The van der Waals surface area contributed by atoms with Crippen molar-refractivity contribution in [2.45, 2.75) is 25.9 Å². The molecule has 1 atom stereocenters. The molecule has 0 aliphatic carbocycles. The third kappa shape index (κ3) is 2.46. The minimum absolute atomic E-state index is 0.200. The van der Waals surface area contributed by atoms with Crippen LogP contribution in [-0.4, -0.2) is 23.9 Å². The largest absolute Gasteiger partial charge is 0.496 e. The lowest BCUT2D eigenvalue weighted by atomic mass is 9.99. The zero-order valence-electron chi connectivity index (χ0n) is 13.3. The molecule has 0 spiro atoms. The Balaban J connectivity index is 1.85. The van der Waals surface area contributed by atoms with E-state index in [0.717, 1.165) is 16.9 Å². The van der Waals surface area contributed by atoms with Gasteiger partial charge in [0.15, 0.2) is 5.54 Å². The van der Waals surface area contributed by atoms with E-state index in [4.69, 9.17) is 9.15 Å². The molecule has 0 bridgehead atoms. The van der Waals surface area contributed by atoms with Crippen LogP contribution in [0.1, 0.15) is 23.8 Å². The second-order valence-electron chi connectivity index (χ2n) is 5.73. The number of hydrogen-bond donors (Lipinski definition) is 1. The number of imide groups is 1. The molecule has 23 heavy (non-hydrogen) atoms. The van der Waals surface area contributed by atoms with Crippen molar-refractivity contribution < 1.29 is 18.7 Å². The Hall–Kier alpha value is -2.76. The van der Waals surface area contributed by atoms with Gasteiger partial charge in [0.05, 0.1) is 19.9 Å². The molecule has 0 unspecified atom stereocenters. The lowest BCUT2D eigenvalue weighted by molar-refractivity contribution is -0.132. The van der Waals surface area contributed by atoms with Crippen molar-refractivity contribution in [2.24, 2.45) is 0 Å². The van der Waals surface area contributed by atoms with Gasteiger partial charge in [-0.1, -0.05) is 12.1 Å². The predicted molar refractivity (Wildman–Crippen MR) is 82.9 cm³/mol. The van der Waals surface area contributed by atoms with Crippen LogP contribution >= 0.6 is 0 Å². The topological polar surface area (TPSA) is 71.8 Å². The number of rotatable bonds is 4. The van der Waals surface area contributed by atoms with Crippen molar-refractivity contribution in [1.29, 1.82) is 0 Å². The fourth-order valence-electron chi connectivity index (χ4n) is 2.79. The summed E-state index contributed by atoms with van der Waals surface area (Å²) in [4.78, 5) is 26.1. The maximum absolute atomic E-state index is 12.7. The van der Waals surface area contributed by atoms with Gasteiger partial charge in [-0.2, -0.15) is 0 Å². The van der Waals surface area contributed by atoms with E-state index >= 15 is 0 Å². The Morgan fingerprint density at radius 1 is 1.30 bits per heavy atom. The number of carbonyl (C=O) groups is 2. The molecule has 1 saturated heterocycles. The number of hydrogen-bond acceptors (Lipinski definition) is 4. The van der Waals surface area contributed by atoms with Crippen LogP contribution < -0.4 is 10.1 Å². The van der Waals surface area contributed by atoms with E-state index in [-0.39, 0.29) is 12.5 Å². The minimum Gasteiger partial charge on any atom is -0.496 e. The van der Waals surface area contributed by atoms with Gasteiger partial charge in [0, 0.05) is 0 Å². The number of carbonyl (C=O) groups excluding carboxylic acids is 2. The molecule has 6 heteroatoms. The third-order valence-corrected chi connectivity index (χ3v) is 4.09. The fourth-order valence-corrected chi connectivity index (χ4v) is 2.79. The first kappa shape index (κ1) is 15.1. The first-order valence-corrected chi connectivity index (χ1v) is 7.27. The number of furan rings is 1. The summed E-state index contributed by atoms with van der Waals surface area (Å²) in [5.41, 5.74) is 0.642. The number of urea groups is 1. The molecule has 2 aromatic rings. The van der Waals surface area contributed by atoms with Gasteiger partial charge in [0.1, 0.15) is 11.5 Å². The van der Waals surface area contributed by atoms with Crippen molar-refractivity contribution in [3.8, 4) is 5.75 Å². The number of amides is 3. The highest BCUT2D eigenvalue weighted by Crippen LogP contribution is 2.30. The highest BCUT2D eigenvalue weighted by molar-refractivity contribution is 6.06.